The molecule has 0 fully saturated rings. The predicted octanol–water partition coefficient (Wildman–Crippen LogP) is 3.28. The van der Waals surface area contributed by atoms with E-state index in [9.17, 15) is 0 Å². The number of hydrogen-bond acceptors (Lipinski definition) is 5. The Bertz CT molecular complexity index is 560. The number of nitrogens with zero attached hydrogens (tertiary/aromatic N) is 2. The standard InChI is InChI=1S/C17H24N4O/c1-2-3-11-19-16-15(13-20-17(18)21-16)22-12-7-10-14-8-5-4-6-9-14/h4-6,8-9,13H,2-3,7,10-12H2,1H3,(H3,18,19,20,21). The van der Waals surface area contributed by atoms with E-state index < -0.39 is 0 Å². The maximum atomic E-state index is 5.80. The lowest BCUT2D eigenvalue weighted by Gasteiger charge is -2.12. The van der Waals surface area contributed by atoms with Gasteiger partial charge < -0.3 is 15.8 Å². The molecule has 0 radical (unpaired) electrons. The van der Waals surface area contributed by atoms with Crippen molar-refractivity contribution in [3.05, 3.63) is 42.1 Å². The highest BCUT2D eigenvalue weighted by Crippen LogP contribution is 2.22. The van der Waals surface area contributed by atoms with Gasteiger partial charge in [0.2, 0.25) is 5.95 Å². The molecule has 0 unspecified atom stereocenters. The largest absolute Gasteiger partial charge is 0.488 e. The van der Waals surface area contributed by atoms with E-state index in [1.54, 1.807) is 6.20 Å². The molecule has 1 aromatic carbocycles. The summed E-state index contributed by atoms with van der Waals surface area (Å²) in [6.45, 7) is 3.63. The molecule has 0 saturated heterocycles. The maximum absolute atomic E-state index is 5.80. The molecule has 0 saturated carbocycles. The fraction of sp³-hybridized carbons (Fsp3) is 0.412. The third-order valence-electron chi connectivity index (χ3n) is 3.31. The highest BCUT2D eigenvalue weighted by Gasteiger charge is 2.06. The van der Waals surface area contributed by atoms with Crippen LogP contribution < -0.4 is 15.8 Å². The molecule has 0 aliphatic heterocycles. The number of anilines is 2. The molecule has 5 heteroatoms. The van der Waals surface area contributed by atoms with Crippen LogP contribution in [0.2, 0.25) is 0 Å². The average molecular weight is 300 g/mol. The van der Waals surface area contributed by atoms with Gasteiger partial charge in [0.15, 0.2) is 11.6 Å². The van der Waals surface area contributed by atoms with Gasteiger partial charge in [-0.3, -0.25) is 0 Å². The third-order valence-corrected chi connectivity index (χ3v) is 3.31. The number of benzene rings is 1. The predicted molar refractivity (Wildman–Crippen MR) is 90.1 cm³/mol. The van der Waals surface area contributed by atoms with Gasteiger partial charge in [-0.25, -0.2) is 4.98 Å². The first-order valence-corrected chi connectivity index (χ1v) is 7.82. The Hall–Kier alpha value is -2.30. The molecule has 3 N–H and O–H groups in total. The van der Waals surface area contributed by atoms with Gasteiger partial charge in [0.05, 0.1) is 12.8 Å². The maximum Gasteiger partial charge on any atom is 0.222 e. The van der Waals surface area contributed by atoms with E-state index in [1.165, 1.54) is 5.56 Å². The topological polar surface area (TPSA) is 73.1 Å². The summed E-state index contributed by atoms with van der Waals surface area (Å²) in [5.41, 5.74) is 6.97. The molecule has 5 nitrogen and oxygen atoms in total. The molecular weight excluding hydrogens is 276 g/mol. The van der Waals surface area contributed by atoms with Gasteiger partial charge in [0.1, 0.15) is 0 Å². The van der Waals surface area contributed by atoms with Gasteiger partial charge in [-0.05, 0) is 24.8 Å². The zero-order chi connectivity index (χ0) is 15.6. The minimum Gasteiger partial charge on any atom is -0.488 e. The normalized spacial score (nSPS) is 10.4. The van der Waals surface area contributed by atoms with E-state index in [0.717, 1.165) is 32.2 Å². The van der Waals surface area contributed by atoms with Crippen LogP contribution in [0.3, 0.4) is 0 Å². The van der Waals surface area contributed by atoms with Gasteiger partial charge in [-0.15, -0.1) is 0 Å². The van der Waals surface area contributed by atoms with Crippen LogP contribution in [-0.2, 0) is 6.42 Å². The highest BCUT2D eigenvalue weighted by molar-refractivity contribution is 5.51. The number of aryl methyl sites for hydroxylation is 1. The van der Waals surface area contributed by atoms with Crippen LogP contribution in [0.25, 0.3) is 0 Å². The summed E-state index contributed by atoms with van der Waals surface area (Å²) < 4.78 is 5.80. The summed E-state index contributed by atoms with van der Waals surface area (Å²) in [5.74, 6) is 1.61. The molecule has 0 bridgehead atoms. The van der Waals surface area contributed by atoms with Crippen LogP contribution in [0.4, 0.5) is 11.8 Å². The molecule has 0 aliphatic rings. The zero-order valence-corrected chi connectivity index (χ0v) is 13.1. The van der Waals surface area contributed by atoms with Crippen molar-refractivity contribution in [1.82, 2.24) is 9.97 Å². The van der Waals surface area contributed by atoms with E-state index in [1.807, 2.05) is 6.07 Å². The summed E-state index contributed by atoms with van der Waals surface area (Å²) in [4.78, 5) is 8.22. The lowest BCUT2D eigenvalue weighted by Crippen LogP contribution is -2.09. The highest BCUT2D eigenvalue weighted by atomic mass is 16.5. The first kappa shape index (κ1) is 16.1. The Labute approximate surface area is 131 Å². The van der Waals surface area contributed by atoms with E-state index >= 15 is 0 Å². The second-order valence-electron chi connectivity index (χ2n) is 5.16. The third kappa shape index (κ3) is 5.24. The van der Waals surface area contributed by atoms with Crippen molar-refractivity contribution in [1.29, 1.82) is 0 Å². The Morgan fingerprint density at radius 3 is 2.77 bits per heavy atom. The minimum absolute atomic E-state index is 0.260. The van der Waals surface area contributed by atoms with Crippen LogP contribution in [0.1, 0.15) is 31.7 Å². The van der Waals surface area contributed by atoms with E-state index in [-0.39, 0.29) is 5.95 Å². The first-order chi connectivity index (χ1) is 10.8. The molecule has 0 aliphatic carbocycles. The minimum atomic E-state index is 0.260. The number of unbranched alkanes of at least 4 members (excludes halogenated alkanes) is 1. The fourth-order valence-electron chi connectivity index (χ4n) is 2.10. The van der Waals surface area contributed by atoms with E-state index in [2.05, 4.69) is 46.5 Å². The Kier molecular flexibility index (Phi) is 6.48. The number of rotatable bonds is 9. The molecule has 1 heterocycles. The number of nitrogens with one attached hydrogen (secondary N) is 1. The van der Waals surface area contributed by atoms with Crippen LogP contribution in [0, 0.1) is 0 Å². The summed E-state index contributed by atoms with van der Waals surface area (Å²) in [5, 5.41) is 3.26. The van der Waals surface area contributed by atoms with Crippen molar-refractivity contribution in [2.24, 2.45) is 0 Å². The molecule has 2 rings (SSSR count). The van der Waals surface area contributed by atoms with Crippen molar-refractivity contribution >= 4 is 11.8 Å². The van der Waals surface area contributed by atoms with Gasteiger partial charge >= 0.3 is 0 Å². The van der Waals surface area contributed by atoms with Gasteiger partial charge in [0.25, 0.3) is 0 Å². The number of aromatic nitrogens is 2. The van der Waals surface area contributed by atoms with E-state index in [0.29, 0.717) is 18.2 Å². The Morgan fingerprint density at radius 2 is 2.00 bits per heavy atom. The summed E-state index contributed by atoms with van der Waals surface area (Å²) in [7, 11) is 0. The second-order valence-corrected chi connectivity index (χ2v) is 5.16. The molecule has 22 heavy (non-hydrogen) atoms. The SMILES string of the molecule is CCCCNc1nc(N)ncc1OCCCc1ccccc1. The Morgan fingerprint density at radius 1 is 1.18 bits per heavy atom. The van der Waals surface area contributed by atoms with Crippen LogP contribution in [-0.4, -0.2) is 23.1 Å². The number of ether oxygens (including phenoxy) is 1. The monoisotopic (exact) mass is 300 g/mol. The number of nitrogen functional groups attached to an aromatic ring is 1. The van der Waals surface area contributed by atoms with Gasteiger partial charge in [-0.2, -0.15) is 4.98 Å². The molecule has 0 spiro atoms. The smallest absolute Gasteiger partial charge is 0.222 e. The quantitative estimate of drug-likeness (QED) is 0.695. The molecule has 1 aromatic heterocycles. The Balaban J connectivity index is 1.83. The molecule has 0 amide bonds. The lowest BCUT2D eigenvalue weighted by atomic mass is 10.1. The van der Waals surface area contributed by atoms with Crippen LogP contribution in [0.15, 0.2) is 36.5 Å². The molecular formula is C17H24N4O. The zero-order valence-electron chi connectivity index (χ0n) is 13.1. The number of hydrogen-bond donors (Lipinski definition) is 2. The van der Waals surface area contributed by atoms with Crippen molar-refractivity contribution < 1.29 is 4.74 Å². The van der Waals surface area contributed by atoms with Crippen LogP contribution >= 0.6 is 0 Å². The summed E-state index contributed by atoms with van der Waals surface area (Å²) in [6.07, 6.45) is 5.79. The summed E-state index contributed by atoms with van der Waals surface area (Å²) >= 11 is 0. The number of nitrogens with two attached hydrogens (primary N) is 1. The average Bonchev–Trinajstić information content (AvgIpc) is 2.54. The molecule has 2 aromatic rings. The molecule has 118 valence electrons. The molecule has 0 atom stereocenters. The van der Waals surface area contributed by atoms with E-state index in [4.69, 9.17) is 10.5 Å². The van der Waals surface area contributed by atoms with Gasteiger partial charge in [-0.1, -0.05) is 43.7 Å². The van der Waals surface area contributed by atoms with Gasteiger partial charge in [0, 0.05) is 6.54 Å². The fourth-order valence-corrected chi connectivity index (χ4v) is 2.10. The second kappa shape index (κ2) is 8.87. The van der Waals surface area contributed by atoms with Crippen LogP contribution in [0.5, 0.6) is 5.75 Å². The summed E-state index contributed by atoms with van der Waals surface area (Å²) in [6, 6.07) is 10.4. The lowest BCUT2D eigenvalue weighted by molar-refractivity contribution is 0.310. The van der Waals surface area contributed by atoms with Crippen molar-refractivity contribution in [2.75, 3.05) is 24.2 Å². The van der Waals surface area contributed by atoms with Crippen molar-refractivity contribution in [3.63, 3.8) is 0 Å². The van der Waals surface area contributed by atoms with Crippen molar-refractivity contribution in [3.8, 4) is 5.75 Å². The first-order valence-electron chi connectivity index (χ1n) is 7.82. The van der Waals surface area contributed by atoms with Crippen molar-refractivity contribution in [2.45, 2.75) is 32.6 Å².